The van der Waals surface area contributed by atoms with Crippen LogP contribution in [-0.4, -0.2) is 61.4 Å². The Morgan fingerprint density at radius 3 is 2.63 bits per heavy atom. The van der Waals surface area contributed by atoms with Crippen LogP contribution in [0, 0.1) is 0 Å². The predicted molar refractivity (Wildman–Crippen MR) is 114 cm³/mol. The number of quaternary nitrogens is 1. The maximum atomic E-state index is 13.3. The number of aromatic nitrogens is 1. The highest BCUT2D eigenvalue weighted by Crippen LogP contribution is 2.31. The second-order valence-electron chi connectivity index (χ2n) is 8.32. The lowest BCUT2D eigenvalue weighted by Gasteiger charge is -2.36. The number of nitrogens with zero attached hydrogens (tertiary/aromatic N) is 3. The number of pyridine rings is 1. The smallest absolute Gasteiger partial charge is 0.266 e. The lowest BCUT2D eigenvalue weighted by Crippen LogP contribution is -3.21. The number of hydrogen-bond donors (Lipinski definition) is 1. The van der Waals surface area contributed by atoms with Crippen LogP contribution in [0.25, 0.3) is 0 Å². The Labute approximate surface area is 176 Å². The van der Waals surface area contributed by atoms with E-state index in [2.05, 4.69) is 23.8 Å². The summed E-state index contributed by atoms with van der Waals surface area (Å²) in [5.41, 5.74) is 1.14. The van der Waals surface area contributed by atoms with E-state index in [1.807, 2.05) is 18.2 Å². The summed E-state index contributed by atoms with van der Waals surface area (Å²) < 4.78 is 5.46. The average Bonchev–Trinajstić information content (AvgIpc) is 2.77. The number of amides is 2. The van der Waals surface area contributed by atoms with Gasteiger partial charge in [0.15, 0.2) is 0 Å². The number of carbonyl (C=O) groups excluding carboxylic acids is 2. The number of hydrogen-bond acceptors (Lipinski definition) is 5. The normalized spacial score (nSPS) is 20.6. The summed E-state index contributed by atoms with van der Waals surface area (Å²) in [6.45, 7) is 8.39. The van der Waals surface area contributed by atoms with Crippen LogP contribution in [0.4, 0.5) is 5.82 Å². The SMILES string of the molecule is CC(C)(CN=CC1C(=O)N(c2ccccn2)C(=O)c2ccccc21)[NH+]1CCOCC1. The molecule has 3 heterocycles. The Kier molecular flexibility index (Phi) is 5.74. The summed E-state index contributed by atoms with van der Waals surface area (Å²) in [5, 5.41) is 0. The van der Waals surface area contributed by atoms with Crippen molar-refractivity contribution in [2.75, 3.05) is 37.7 Å². The molecule has 2 amide bonds. The number of imide groups is 1. The highest BCUT2D eigenvalue weighted by atomic mass is 16.5. The van der Waals surface area contributed by atoms with Crippen molar-refractivity contribution in [3.63, 3.8) is 0 Å². The molecule has 0 aliphatic carbocycles. The van der Waals surface area contributed by atoms with Crippen LogP contribution in [0.1, 0.15) is 35.7 Å². The molecule has 30 heavy (non-hydrogen) atoms. The molecule has 1 N–H and O–H groups in total. The van der Waals surface area contributed by atoms with Crippen LogP contribution in [-0.2, 0) is 9.53 Å². The Morgan fingerprint density at radius 2 is 1.90 bits per heavy atom. The lowest BCUT2D eigenvalue weighted by molar-refractivity contribution is -0.953. The zero-order chi connectivity index (χ0) is 21.1. The average molecular weight is 407 g/mol. The Hall–Kier alpha value is -2.90. The van der Waals surface area contributed by atoms with Crippen molar-refractivity contribution in [2.24, 2.45) is 4.99 Å². The van der Waals surface area contributed by atoms with Gasteiger partial charge in [0.05, 0.1) is 25.7 Å². The molecule has 2 aromatic rings. The third-order valence-corrected chi connectivity index (χ3v) is 5.89. The van der Waals surface area contributed by atoms with Gasteiger partial charge in [0, 0.05) is 18.0 Å². The summed E-state index contributed by atoms with van der Waals surface area (Å²) in [5.74, 6) is -0.954. The van der Waals surface area contributed by atoms with E-state index in [-0.39, 0.29) is 17.4 Å². The van der Waals surface area contributed by atoms with Gasteiger partial charge in [0.25, 0.3) is 5.91 Å². The standard InChI is InChI=1S/C23H26N4O3/c1-23(2,26-11-13-30-14-12-26)16-24-15-19-17-7-3-4-8-18(17)21(28)27(22(19)29)20-9-5-6-10-25-20/h3-10,15,19H,11-14,16H2,1-2H3/p+1. The highest BCUT2D eigenvalue weighted by Gasteiger charge is 2.39. The summed E-state index contributed by atoms with van der Waals surface area (Å²) in [6.07, 6.45) is 3.28. The molecule has 7 nitrogen and oxygen atoms in total. The highest BCUT2D eigenvalue weighted by molar-refractivity contribution is 6.28. The number of rotatable bonds is 5. The van der Waals surface area contributed by atoms with Gasteiger partial charge in [-0.15, -0.1) is 0 Å². The largest absolute Gasteiger partial charge is 0.370 e. The van der Waals surface area contributed by atoms with Crippen molar-refractivity contribution in [3.05, 3.63) is 59.8 Å². The third-order valence-electron chi connectivity index (χ3n) is 5.89. The van der Waals surface area contributed by atoms with E-state index in [0.29, 0.717) is 23.5 Å². The molecular weight excluding hydrogens is 380 g/mol. The zero-order valence-corrected chi connectivity index (χ0v) is 17.4. The second-order valence-corrected chi connectivity index (χ2v) is 8.32. The van der Waals surface area contributed by atoms with Crippen LogP contribution in [0.2, 0.25) is 0 Å². The summed E-state index contributed by atoms with van der Waals surface area (Å²) in [4.78, 5) is 37.8. The number of benzene rings is 1. The molecule has 4 rings (SSSR count). The summed E-state index contributed by atoms with van der Waals surface area (Å²) >= 11 is 0. The first-order valence-corrected chi connectivity index (χ1v) is 10.3. The monoisotopic (exact) mass is 407 g/mol. The molecule has 0 bridgehead atoms. The quantitative estimate of drug-likeness (QED) is 0.595. The van der Waals surface area contributed by atoms with Gasteiger partial charge in [-0.25, -0.2) is 9.88 Å². The van der Waals surface area contributed by atoms with E-state index < -0.39 is 5.92 Å². The minimum absolute atomic E-state index is 0.0615. The van der Waals surface area contributed by atoms with Gasteiger partial charge in [-0.2, -0.15) is 0 Å². The van der Waals surface area contributed by atoms with Crippen LogP contribution in [0.15, 0.2) is 53.7 Å². The number of ether oxygens (including phenoxy) is 1. The van der Waals surface area contributed by atoms with Gasteiger partial charge in [-0.1, -0.05) is 24.3 Å². The molecule has 1 fully saturated rings. The first-order valence-electron chi connectivity index (χ1n) is 10.3. The van der Waals surface area contributed by atoms with Crippen molar-refractivity contribution in [2.45, 2.75) is 25.3 Å². The molecular formula is C23H27N4O3+. The second kappa shape index (κ2) is 8.45. The molecule has 2 aliphatic heterocycles. The van der Waals surface area contributed by atoms with Gasteiger partial charge in [0.1, 0.15) is 24.4 Å². The van der Waals surface area contributed by atoms with Gasteiger partial charge < -0.3 is 9.64 Å². The lowest BCUT2D eigenvalue weighted by atomic mass is 9.89. The minimum Gasteiger partial charge on any atom is -0.370 e. The van der Waals surface area contributed by atoms with Crippen molar-refractivity contribution in [3.8, 4) is 0 Å². The van der Waals surface area contributed by atoms with Crippen molar-refractivity contribution in [1.82, 2.24) is 4.98 Å². The fraction of sp³-hybridized carbons (Fsp3) is 0.391. The molecule has 2 aliphatic rings. The molecule has 1 aromatic carbocycles. The molecule has 1 saturated heterocycles. The molecule has 1 aromatic heterocycles. The molecule has 1 unspecified atom stereocenters. The van der Waals surface area contributed by atoms with Crippen molar-refractivity contribution < 1.29 is 19.2 Å². The van der Waals surface area contributed by atoms with Crippen LogP contribution in [0.3, 0.4) is 0 Å². The number of morpholine rings is 1. The Bertz CT molecular complexity index is 952. The Morgan fingerprint density at radius 1 is 1.17 bits per heavy atom. The van der Waals surface area contributed by atoms with Crippen LogP contribution >= 0.6 is 0 Å². The van der Waals surface area contributed by atoms with Gasteiger partial charge in [0.2, 0.25) is 5.91 Å². The van der Waals surface area contributed by atoms with E-state index in [1.54, 1.807) is 36.7 Å². The fourth-order valence-corrected chi connectivity index (χ4v) is 4.10. The number of carbonyl (C=O) groups is 2. The first-order chi connectivity index (χ1) is 14.5. The van der Waals surface area contributed by atoms with E-state index in [9.17, 15) is 9.59 Å². The van der Waals surface area contributed by atoms with Crippen LogP contribution < -0.4 is 9.80 Å². The number of anilines is 1. The maximum Gasteiger partial charge on any atom is 0.266 e. The number of nitrogens with one attached hydrogen (secondary N) is 1. The molecule has 7 heteroatoms. The molecule has 0 saturated carbocycles. The fourth-order valence-electron chi connectivity index (χ4n) is 4.10. The van der Waals surface area contributed by atoms with Crippen molar-refractivity contribution in [1.29, 1.82) is 0 Å². The number of aliphatic imine (C=N–C) groups is 1. The summed E-state index contributed by atoms with van der Waals surface area (Å²) in [7, 11) is 0. The number of fused-ring (bicyclic) bond motifs is 1. The summed E-state index contributed by atoms with van der Waals surface area (Å²) in [6, 6.07) is 12.4. The zero-order valence-electron chi connectivity index (χ0n) is 17.4. The maximum absolute atomic E-state index is 13.3. The van der Waals surface area contributed by atoms with E-state index in [0.717, 1.165) is 31.2 Å². The first kappa shape index (κ1) is 20.4. The van der Waals surface area contributed by atoms with Gasteiger partial charge >= 0.3 is 0 Å². The van der Waals surface area contributed by atoms with Crippen molar-refractivity contribution >= 4 is 23.8 Å². The van der Waals surface area contributed by atoms with E-state index >= 15 is 0 Å². The van der Waals surface area contributed by atoms with Gasteiger partial charge in [-0.3, -0.25) is 14.6 Å². The molecule has 156 valence electrons. The molecule has 1 atom stereocenters. The minimum atomic E-state index is -0.614. The van der Waals surface area contributed by atoms with Gasteiger partial charge in [-0.05, 0) is 37.6 Å². The van der Waals surface area contributed by atoms with E-state index in [4.69, 9.17) is 4.74 Å². The van der Waals surface area contributed by atoms with E-state index in [1.165, 1.54) is 4.90 Å². The Balaban J connectivity index is 1.61. The topological polar surface area (TPSA) is 76.3 Å². The predicted octanol–water partition coefficient (Wildman–Crippen LogP) is 1.12. The third kappa shape index (κ3) is 3.91. The van der Waals surface area contributed by atoms with Crippen LogP contribution in [0.5, 0.6) is 0 Å². The molecule has 0 spiro atoms. The molecule has 0 radical (unpaired) electrons.